The molecule has 0 radical (unpaired) electrons. The molecule has 1 fully saturated rings. The van der Waals surface area contributed by atoms with Gasteiger partial charge in [0.1, 0.15) is 18.0 Å². The minimum atomic E-state index is -0.660. The van der Waals surface area contributed by atoms with Crippen LogP contribution >= 0.6 is 0 Å². The van der Waals surface area contributed by atoms with Crippen LogP contribution in [-0.2, 0) is 0 Å². The average Bonchev–Trinajstić information content (AvgIpc) is 3.15. The molecule has 1 saturated heterocycles. The van der Waals surface area contributed by atoms with Crippen LogP contribution in [0, 0.1) is 11.6 Å². The van der Waals surface area contributed by atoms with Crippen LogP contribution in [0.15, 0.2) is 36.9 Å². The van der Waals surface area contributed by atoms with Crippen molar-refractivity contribution in [3.8, 4) is 0 Å². The van der Waals surface area contributed by atoms with Gasteiger partial charge in [0.05, 0.1) is 12.1 Å². The van der Waals surface area contributed by atoms with E-state index in [2.05, 4.69) is 15.2 Å². The van der Waals surface area contributed by atoms with Gasteiger partial charge in [0.25, 0.3) is 0 Å². The fourth-order valence-corrected chi connectivity index (χ4v) is 3.06. The van der Waals surface area contributed by atoms with E-state index in [1.165, 1.54) is 6.33 Å². The summed E-state index contributed by atoms with van der Waals surface area (Å²) in [5.74, 6) is -0.546. The molecular weight excluding hydrogens is 304 g/mol. The number of hydrogen-bond acceptors (Lipinski definition) is 5. The highest BCUT2D eigenvalue weighted by molar-refractivity contribution is 5.65. The third-order valence-electron chi connectivity index (χ3n) is 4.07. The van der Waals surface area contributed by atoms with Crippen molar-refractivity contribution >= 4 is 11.5 Å². The number of hydrogen-bond donors (Lipinski definition) is 1. The smallest absolute Gasteiger partial charge is 0.203 e. The number of aliphatic hydroxyl groups excluding tert-OH is 1. The van der Waals surface area contributed by atoms with Gasteiger partial charge in [-0.15, -0.1) is 10.2 Å². The molecule has 2 atom stereocenters. The van der Waals surface area contributed by atoms with Crippen LogP contribution in [0.4, 0.5) is 14.6 Å². The highest BCUT2D eigenvalue weighted by Gasteiger charge is 2.36. The van der Waals surface area contributed by atoms with E-state index in [4.69, 9.17) is 0 Å². The third-order valence-corrected chi connectivity index (χ3v) is 4.07. The van der Waals surface area contributed by atoms with Crippen molar-refractivity contribution < 1.29 is 13.9 Å². The fourth-order valence-electron chi connectivity index (χ4n) is 3.06. The first kappa shape index (κ1) is 14.0. The van der Waals surface area contributed by atoms with Crippen LogP contribution in [0.2, 0.25) is 0 Å². The number of β-amino-alcohol motifs (C(OH)–C–C–N with tert-alkyl or cyclic N) is 1. The number of aliphatic hydroxyl groups is 1. The van der Waals surface area contributed by atoms with Crippen molar-refractivity contribution in [2.24, 2.45) is 0 Å². The van der Waals surface area contributed by atoms with Crippen molar-refractivity contribution in [3.63, 3.8) is 0 Å². The van der Waals surface area contributed by atoms with Gasteiger partial charge in [0.2, 0.25) is 5.65 Å². The number of rotatable bonds is 2. The minimum absolute atomic E-state index is 0.199. The maximum absolute atomic E-state index is 14.2. The van der Waals surface area contributed by atoms with Gasteiger partial charge in [-0.3, -0.25) is 4.40 Å². The molecule has 0 spiro atoms. The van der Waals surface area contributed by atoms with Crippen LogP contribution in [0.5, 0.6) is 0 Å². The van der Waals surface area contributed by atoms with Gasteiger partial charge in [-0.25, -0.2) is 13.8 Å². The first-order chi connectivity index (χ1) is 11.1. The molecule has 23 heavy (non-hydrogen) atoms. The Kier molecular flexibility index (Phi) is 3.19. The molecule has 6 nitrogen and oxygen atoms in total. The monoisotopic (exact) mass is 317 g/mol. The summed E-state index contributed by atoms with van der Waals surface area (Å²) in [5.41, 5.74) is 0.702. The van der Waals surface area contributed by atoms with Gasteiger partial charge >= 0.3 is 0 Å². The van der Waals surface area contributed by atoms with Crippen LogP contribution in [0.1, 0.15) is 18.0 Å². The number of aromatic nitrogens is 4. The maximum Gasteiger partial charge on any atom is 0.203 e. The number of nitrogens with zero attached hydrogens (tertiary/aromatic N) is 5. The Morgan fingerprint density at radius 1 is 1.26 bits per heavy atom. The van der Waals surface area contributed by atoms with Crippen LogP contribution in [0.25, 0.3) is 5.65 Å². The topological polar surface area (TPSA) is 66.5 Å². The standard InChI is InChI=1S/C15H13F2N5O/c16-9-1-2-12(17)11(5-9)13-6-10(23)7-22(13)14-15-20-19-8-21(15)4-3-18-14/h1-5,8,10,13,23H,6-7H2/t10-,13+/m1/s1. The zero-order chi connectivity index (χ0) is 16.0. The van der Waals surface area contributed by atoms with Crippen LogP contribution in [-0.4, -0.2) is 37.3 Å². The Balaban J connectivity index is 1.83. The lowest BCUT2D eigenvalue weighted by molar-refractivity contribution is 0.194. The Morgan fingerprint density at radius 3 is 3.00 bits per heavy atom. The Bertz CT molecular complexity index is 868. The number of benzene rings is 1. The van der Waals surface area contributed by atoms with E-state index in [9.17, 15) is 13.9 Å². The molecule has 0 unspecified atom stereocenters. The molecular formula is C15H13F2N5O. The van der Waals surface area contributed by atoms with Crippen LogP contribution < -0.4 is 4.90 Å². The molecule has 0 amide bonds. The van der Waals surface area contributed by atoms with E-state index < -0.39 is 23.8 Å². The normalized spacial score (nSPS) is 21.3. The lowest BCUT2D eigenvalue weighted by Crippen LogP contribution is -2.26. The van der Waals surface area contributed by atoms with Crippen molar-refractivity contribution in [1.29, 1.82) is 0 Å². The Hall–Kier alpha value is -2.61. The second kappa shape index (κ2) is 5.24. The van der Waals surface area contributed by atoms with E-state index in [0.717, 1.165) is 18.2 Å². The maximum atomic E-state index is 14.2. The first-order valence-corrected chi connectivity index (χ1v) is 7.17. The van der Waals surface area contributed by atoms with Crippen molar-refractivity contribution in [2.45, 2.75) is 18.6 Å². The molecule has 2 aromatic heterocycles. The SMILES string of the molecule is O[C@@H]1C[C@@H](c2cc(F)ccc2F)N(c2nccn3cnnc23)C1. The molecule has 0 aliphatic carbocycles. The van der Waals surface area contributed by atoms with E-state index in [1.54, 1.807) is 21.7 Å². The quantitative estimate of drug-likeness (QED) is 0.779. The van der Waals surface area contributed by atoms with Crippen molar-refractivity contribution in [3.05, 3.63) is 54.1 Å². The van der Waals surface area contributed by atoms with Gasteiger partial charge in [-0.2, -0.15) is 0 Å². The van der Waals surface area contributed by atoms with Gasteiger partial charge in [-0.05, 0) is 24.6 Å². The molecule has 1 aliphatic rings. The van der Waals surface area contributed by atoms with Gasteiger partial charge < -0.3 is 10.0 Å². The molecule has 1 aliphatic heterocycles. The summed E-state index contributed by atoms with van der Waals surface area (Å²) in [6.45, 7) is 0.264. The average molecular weight is 317 g/mol. The molecule has 4 rings (SSSR count). The van der Waals surface area contributed by atoms with E-state index in [1.807, 2.05) is 0 Å². The number of anilines is 1. The van der Waals surface area contributed by atoms with Crippen molar-refractivity contribution in [1.82, 2.24) is 19.6 Å². The molecule has 0 saturated carbocycles. The fraction of sp³-hybridized carbons (Fsp3) is 0.267. The van der Waals surface area contributed by atoms with Gasteiger partial charge in [0.15, 0.2) is 5.82 Å². The second-order valence-electron chi connectivity index (χ2n) is 5.54. The number of fused-ring (bicyclic) bond motifs is 1. The predicted molar refractivity (Wildman–Crippen MR) is 77.9 cm³/mol. The summed E-state index contributed by atoms with van der Waals surface area (Å²) in [6, 6.07) is 2.82. The summed E-state index contributed by atoms with van der Waals surface area (Å²) < 4.78 is 29.4. The first-order valence-electron chi connectivity index (χ1n) is 7.17. The van der Waals surface area contributed by atoms with Gasteiger partial charge in [-0.1, -0.05) is 0 Å². The zero-order valence-corrected chi connectivity index (χ0v) is 12.0. The molecule has 1 aromatic carbocycles. The lowest BCUT2D eigenvalue weighted by atomic mass is 10.0. The molecule has 3 heterocycles. The summed E-state index contributed by atoms with van der Waals surface area (Å²) in [5, 5.41) is 17.9. The Labute approximate surface area is 130 Å². The third kappa shape index (κ3) is 2.31. The summed E-state index contributed by atoms with van der Waals surface area (Å²) in [7, 11) is 0. The lowest BCUT2D eigenvalue weighted by Gasteiger charge is -2.26. The van der Waals surface area contributed by atoms with Crippen molar-refractivity contribution in [2.75, 3.05) is 11.4 Å². The predicted octanol–water partition coefficient (Wildman–Crippen LogP) is 1.71. The van der Waals surface area contributed by atoms with Crippen LogP contribution in [0.3, 0.4) is 0 Å². The molecule has 0 bridgehead atoms. The van der Waals surface area contributed by atoms with E-state index in [0.29, 0.717) is 11.5 Å². The largest absolute Gasteiger partial charge is 0.391 e. The zero-order valence-electron chi connectivity index (χ0n) is 12.0. The molecule has 3 aromatic rings. The summed E-state index contributed by atoms with van der Waals surface area (Å²) >= 11 is 0. The highest BCUT2D eigenvalue weighted by atomic mass is 19.1. The Morgan fingerprint density at radius 2 is 2.13 bits per heavy atom. The number of halogens is 2. The van der Waals surface area contributed by atoms with Gasteiger partial charge in [0, 0.05) is 24.5 Å². The minimum Gasteiger partial charge on any atom is -0.391 e. The highest BCUT2D eigenvalue weighted by Crippen LogP contribution is 2.37. The van der Waals surface area contributed by atoms with E-state index in [-0.39, 0.29) is 18.5 Å². The molecule has 1 N–H and O–H groups in total. The van der Waals surface area contributed by atoms with E-state index >= 15 is 0 Å². The molecule has 8 heteroatoms. The summed E-state index contributed by atoms with van der Waals surface area (Å²) in [6.07, 6.45) is 4.44. The summed E-state index contributed by atoms with van der Waals surface area (Å²) in [4.78, 5) is 6.04. The molecule has 118 valence electrons. The second-order valence-corrected chi connectivity index (χ2v) is 5.54.